The zero-order valence-corrected chi connectivity index (χ0v) is 32.4. The van der Waals surface area contributed by atoms with Gasteiger partial charge in [-0.3, -0.25) is 23.4 Å². The van der Waals surface area contributed by atoms with Crippen LogP contribution >= 0.6 is 7.82 Å². The van der Waals surface area contributed by atoms with Gasteiger partial charge in [0.15, 0.2) is 6.10 Å². The van der Waals surface area contributed by atoms with E-state index in [2.05, 4.69) is 30.5 Å². The fourth-order valence-electron chi connectivity index (χ4n) is 5.35. The van der Waals surface area contributed by atoms with Crippen LogP contribution in [0.2, 0.25) is 0 Å². The molecule has 3 atom stereocenters. The van der Waals surface area contributed by atoms with E-state index in [0.717, 1.165) is 44.9 Å². The topological polar surface area (TPSA) is 172 Å². The van der Waals surface area contributed by atoms with Gasteiger partial charge in [0, 0.05) is 12.8 Å². The first-order valence-corrected chi connectivity index (χ1v) is 21.2. The summed E-state index contributed by atoms with van der Waals surface area (Å²) < 4.78 is 32.4. The normalized spacial score (nSPS) is 14.0. The summed E-state index contributed by atoms with van der Waals surface area (Å²) in [6, 6.07) is -1.52. The smallest absolute Gasteiger partial charge is 0.472 e. The number of carboxylic acids is 1. The minimum absolute atomic E-state index is 0.162. The molecule has 0 rings (SSSR count). The van der Waals surface area contributed by atoms with Crippen LogP contribution < -0.4 is 5.73 Å². The van der Waals surface area contributed by atoms with Crippen LogP contribution in [0.15, 0.2) is 12.2 Å². The van der Waals surface area contributed by atoms with Gasteiger partial charge in [0.1, 0.15) is 12.6 Å². The van der Waals surface area contributed by atoms with E-state index >= 15 is 0 Å². The molecule has 294 valence electrons. The van der Waals surface area contributed by atoms with Crippen LogP contribution in [-0.4, -0.2) is 59.9 Å². The van der Waals surface area contributed by atoms with Gasteiger partial charge in [-0.2, -0.15) is 0 Å². The molecule has 0 saturated heterocycles. The molecule has 11 nitrogen and oxygen atoms in total. The average molecular weight is 734 g/mol. The van der Waals surface area contributed by atoms with Crippen LogP contribution in [0.4, 0.5) is 0 Å². The summed E-state index contributed by atoms with van der Waals surface area (Å²) in [4.78, 5) is 45.6. The molecule has 0 aromatic heterocycles. The van der Waals surface area contributed by atoms with Crippen molar-refractivity contribution >= 4 is 25.7 Å². The molecule has 0 aliphatic rings. The van der Waals surface area contributed by atoms with Crippen molar-refractivity contribution in [3.63, 3.8) is 0 Å². The zero-order chi connectivity index (χ0) is 37.1. The molecule has 50 heavy (non-hydrogen) atoms. The number of hydrogen-bond acceptors (Lipinski definition) is 9. The fourth-order valence-corrected chi connectivity index (χ4v) is 6.13. The summed E-state index contributed by atoms with van der Waals surface area (Å²) in [5.41, 5.74) is 5.30. The summed E-state index contributed by atoms with van der Waals surface area (Å²) in [5.74, 6) is -2.38. The van der Waals surface area contributed by atoms with Crippen molar-refractivity contribution in [2.24, 2.45) is 5.73 Å². The number of carbonyl (C=O) groups is 3. The van der Waals surface area contributed by atoms with Crippen molar-refractivity contribution in [3.05, 3.63) is 12.2 Å². The third-order valence-electron chi connectivity index (χ3n) is 8.51. The first-order valence-electron chi connectivity index (χ1n) is 19.7. The highest BCUT2D eigenvalue weighted by Crippen LogP contribution is 2.43. The van der Waals surface area contributed by atoms with Crippen molar-refractivity contribution in [3.8, 4) is 0 Å². The Morgan fingerprint density at radius 2 is 1.00 bits per heavy atom. The van der Waals surface area contributed by atoms with E-state index in [0.29, 0.717) is 12.8 Å². The highest BCUT2D eigenvalue weighted by atomic mass is 31.2. The second-order valence-corrected chi connectivity index (χ2v) is 14.9. The standard InChI is InChI=1S/C38H72NO10P/c1-3-5-7-9-11-12-13-14-15-16-17-18-19-20-21-22-24-25-27-29-36(40)46-31-34(32-47-50(44,45)48-33-35(39)38(42)43)49-37(41)30-28-26-23-10-8-6-4-2/h14-15,34-35H,3-13,16-33,39H2,1-2H3,(H,42,43)(H,44,45)/b15-14+/t34-,35+/m0/s1. The number of ether oxygens (including phenoxy) is 2. The number of esters is 2. The number of carbonyl (C=O) groups excluding carboxylic acids is 2. The number of unbranched alkanes of at least 4 members (excludes halogenated alkanes) is 21. The predicted octanol–water partition coefficient (Wildman–Crippen LogP) is 9.73. The lowest BCUT2D eigenvalue weighted by molar-refractivity contribution is -0.161. The fraction of sp³-hybridized carbons (Fsp3) is 0.868. The monoisotopic (exact) mass is 733 g/mol. The number of aliphatic carboxylic acids is 1. The predicted molar refractivity (Wildman–Crippen MR) is 199 cm³/mol. The van der Waals surface area contributed by atoms with Crippen molar-refractivity contribution in [2.45, 2.75) is 193 Å². The van der Waals surface area contributed by atoms with Crippen LogP contribution in [0.3, 0.4) is 0 Å². The highest BCUT2D eigenvalue weighted by Gasteiger charge is 2.28. The molecular formula is C38H72NO10P. The molecule has 0 bridgehead atoms. The van der Waals surface area contributed by atoms with E-state index in [4.69, 9.17) is 24.8 Å². The zero-order valence-electron chi connectivity index (χ0n) is 31.5. The lowest BCUT2D eigenvalue weighted by Gasteiger charge is -2.20. The second-order valence-electron chi connectivity index (χ2n) is 13.4. The number of hydrogen-bond donors (Lipinski definition) is 3. The molecule has 0 aliphatic carbocycles. The summed E-state index contributed by atoms with van der Waals surface area (Å²) in [5, 5.41) is 8.84. The van der Waals surface area contributed by atoms with Gasteiger partial charge in [-0.1, -0.05) is 142 Å². The van der Waals surface area contributed by atoms with Gasteiger partial charge >= 0.3 is 25.7 Å². The Hall–Kier alpha value is -1.78. The maximum atomic E-state index is 12.4. The summed E-state index contributed by atoms with van der Waals surface area (Å²) in [6.07, 6.45) is 31.7. The molecule has 0 aromatic rings. The lowest BCUT2D eigenvalue weighted by atomic mass is 10.1. The molecule has 0 aliphatic heterocycles. The molecule has 0 spiro atoms. The third kappa shape index (κ3) is 33.4. The van der Waals surface area contributed by atoms with Crippen LogP contribution in [0, 0.1) is 0 Å². The highest BCUT2D eigenvalue weighted by molar-refractivity contribution is 7.47. The Labute approximate surface area is 303 Å². The Morgan fingerprint density at radius 3 is 1.46 bits per heavy atom. The molecule has 0 fully saturated rings. The van der Waals surface area contributed by atoms with E-state index in [9.17, 15) is 23.8 Å². The third-order valence-corrected chi connectivity index (χ3v) is 9.46. The maximum absolute atomic E-state index is 12.4. The second kappa shape index (κ2) is 34.3. The van der Waals surface area contributed by atoms with E-state index in [1.54, 1.807) is 0 Å². The van der Waals surface area contributed by atoms with Gasteiger partial charge in [0.05, 0.1) is 13.2 Å². The van der Waals surface area contributed by atoms with E-state index in [1.807, 2.05) is 0 Å². The molecule has 4 N–H and O–H groups in total. The molecular weight excluding hydrogens is 661 g/mol. The Morgan fingerprint density at radius 1 is 0.600 bits per heavy atom. The van der Waals surface area contributed by atoms with Crippen LogP contribution in [0.1, 0.15) is 181 Å². The molecule has 0 saturated carbocycles. The lowest BCUT2D eigenvalue weighted by Crippen LogP contribution is -2.34. The van der Waals surface area contributed by atoms with Crippen LogP contribution in [0.5, 0.6) is 0 Å². The Kier molecular flexibility index (Phi) is 33.1. The number of rotatable bonds is 37. The first-order chi connectivity index (χ1) is 24.1. The summed E-state index contributed by atoms with van der Waals surface area (Å²) >= 11 is 0. The Bertz CT molecular complexity index is 916. The van der Waals surface area contributed by atoms with E-state index in [1.165, 1.54) is 96.3 Å². The number of allylic oxidation sites excluding steroid dienone is 2. The summed E-state index contributed by atoms with van der Waals surface area (Å²) in [6.45, 7) is 2.73. The SMILES string of the molecule is CCCCCCCC/C=C/CCCCCCCCCCCC(=O)OC[C@@H](COP(=O)(O)OC[C@@H](N)C(=O)O)OC(=O)CCCCCCCCC. The van der Waals surface area contributed by atoms with E-state index in [-0.39, 0.29) is 19.4 Å². The van der Waals surface area contributed by atoms with Gasteiger partial charge in [0.25, 0.3) is 0 Å². The maximum Gasteiger partial charge on any atom is 0.472 e. The van der Waals surface area contributed by atoms with Crippen molar-refractivity contribution in [1.82, 2.24) is 0 Å². The van der Waals surface area contributed by atoms with Crippen LogP contribution in [0.25, 0.3) is 0 Å². The number of phosphoric ester groups is 1. The van der Waals surface area contributed by atoms with Gasteiger partial charge in [-0.25, -0.2) is 4.57 Å². The largest absolute Gasteiger partial charge is 0.480 e. The van der Waals surface area contributed by atoms with Crippen molar-refractivity contribution in [1.29, 1.82) is 0 Å². The molecule has 0 heterocycles. The molecule has 0 amide bonds. The van der Waals surface area contributed by atoms with E-state index < -0.39 is 51.1 Å². The summed E-state index contributed by atoms with van der Waals surface area (Å²) in [7, 11) is -4.70. The molecule has 1 unspecified atom stereocenters. The minimum Gasteiger partial charge on any atom is -0.480 e. The van der Waals surface area contributed by atoms with Crippen LogP contribution in [-0.2, 0) is 37.5 Å². The first kappa shape index (κ1) is 48.2. The average Bonchev–Trinajstić information content (AvgIpc) is 3.09. The minimum atomic E-state index is -4.70. The number of phosphoric acid groups is 1. The van der Waals surface area contributed by atoms with Gasteiger partial charge in [-0.15, -0.1) is 0 Å². The van der Waals surface area contributed by atoms with Crippen molar-refractivity contribution in [2.75, 3.05) is 19.8 Å². The van der Waals surface area contributed by atoms with Gasteiger partial charge < -0.3 is 25.2 Å². The van der Waals surface area contributed by atoms with Gasteiger partial charge in [-0.05, 0) is 38.5 Å². The molecule has 0 radical (unpaired) electrons. The molecule has 0 aromatic carbocycles. The Balaban J connectivity index is 4.23. The number of carboxylic acid groups (broad SMARTS) is 1. The van der Waals surface area contributed by atoms with Gasteiger partial charge in [0.2, 0.25) is 0 Å². The molecule has 12 heteroatoms. The quantitative estimate of drug-likeness (QED) is 0.0240. The van der Waals surface area contributed by atoms with Crippen molar-refractivity contribution < 1.29 is 47.5 Å². The number of nitrogens with two attached hydrogens (primary N) is 1.